The molecule has 0 N–H and O–H groups in total. The molecule has 2 rings (SSSR count). The van der Waals surface area contributed by atoms with Crippen LogP contribution >= 0.6 is 0 Å². The maximum absolute atomic E-state index is 4.65. The highest BCUT2D eigenvalue weighted by molar-refractivity contribution is 5.82. The normalized spacial score (nSPS) is 17.1. The molecule has 1 aliphatic carbocycles. The Morgan fingerprint density at radius 2 is 1.81 bits per heavy atom. The lowest BCUT2D eigenvalue weighted by atomic mass is 9.98. The van der Waals surface area contributed by atoms with E-state index in [-0.39, 0.29) is 0 Å². The molecule has 1 aromatic rings. The van der Waals surface area contributed by atoms with Crippen LogP contribution in [-0.4, -0.2) is 6.21 Å². The van der Waals surface area contributed by atoms with Crippen molar-refractivity contribution in [2.75, 3.05) is 0 Å². The first-order valence-electron chi connectivity index (χ1n) is 6.05. The maximum Gasteiger partial charge on any atom is 0.0393 e. The lowest BCUT2D eigenvalue weighted by Gasteiger charge is -2.13. The van der Waals surface area contributed by atoms with Crippen LogP contribution in [0, 0.1) is 6.92 Å². The van der Waals surface area contributed by atoms with Crippen molar-refractivity contribution >= 4 is 6.21 Å². The lowest BCUT2D eigenvalue weighted by Crippen LogP contribution is -1.96. The molecule has 0 radical (unpaired) electrons. The summed E-state index contributed by atoms with van der Waals surface area (Å²) in [7, 11) is 0. The van der Waals surface area contributed by atoms with E-state index >= 15 is 0 Å². The SMILES string of the molecule is CC1=C(N=Cc2ccccc2C)CCCC1. The van der Waals surface area contributed by atoms with Gasteiger partial charge in [0.2, 0.25) is 0 Å². The average molecular weight is 213 g/mol. The molecule has 0 fully saturated rings. The topological polar surface area (TPSA) is 12.4 Å². The van der Waals surface area contributed by atoms with Crippen LogP contribution in [0.25, 0.3) is 0 Å². The molecule has 0 aliphatic heterocycles. The molecule has 1 aromatic carbocycles. The molecule has 84 valence electrons. The third-order valence-electron chi connectivity index (χ3n) is 3.26. The van der Waals surface area contributed by atoms with Crippen molar-refractivity contribution in [3.05, 3.63) is 46.7 Å². The fourth-order valence-electron chi connectivity index (χ4n) is 2.09. The Morgan fingerprint density at radius 3 is 2.56 bits per heavy atom. The Bertz CT molecular complexity index is 427. The highest BCUT2D eigenvalue weighted by Crippen LogP contribution is 2.24. The van der Waals surface area contributed by atoms with E-state index < -0.39 is 0 Å². The van der Waals surface area contributed by atoms with Gasteiger partial charge in [-0.3, -0.25) is 4.99 Å². The number of aryl methyl sites for hydroxylation is 1. The van der Waals surface area contributed by atoms with Gasteiger partial charge in [-0.05, 0) is 50.7 Å². The minimum Gasteiger partial charge on any atom is -0.261 e. The van der Waals surface area contributed by atoms with Crippen LogP contribution in [0.2, 0.25) is 0 Å². The van der Waals surface area contributed by atoms with Crippen LogP contribution in [-0.2, 0) is 0 Å². The van der Waals surface area contributed by atoms with Gasteiger partial charge in [-0.1, -0.05) is 29.8 Å². The first kappa shape index (κ1) is 11.1. The average Bonchev–Trinajstić information content (AvgIpc) is 2.30. The van der Waals surface area contributed by atoms with E-state index in [4.69, 9.17) is 0 Å². The zero-order chi connectivity index (χ0) is 11.4. The molecular weight excluding hydrogens is 194 g/mol. The Hall–Kier alpha value is -1.37. The monoisotopic (exact) mass is 213 g/mol. The van der Waals surface area contributed by atoms with Crippen molar-refractivity contribution in [2.45, 2.75) is 39.5 Å². The van der Waals surface area contributed by atoms with E-state index in [0.717, 1.165) is 6.42 Å². The molecule has 0 bridgehead atoms. The van der Waals surface area contributed by atoms with Crippen LogP contribution in [0.5, 0.6) is 0 Å². The number of benzene rings is 1. The van der Waals surface area contributed by atoms with Crippen LogP contribution in [0.4, 0.5) is 0 Å². The summed E-state index contributed by atoms with van der Waals surface area (Å²) in [6.45, 7) is 4.34. The van der Waals surface area contributed by atoms with Crippen LogP contribution < -0.4 is 0 Å². The van der Waals surface area contributed by atoms with Crippen molar-refractivity contribution < 1.29 is 0 Å². The molecule has 1 aliphatic rings. The standard InChI is InChI=1S/C15H19N/c1-12-7-3-5-9-14(12)11-16-15-10-6-4-8-13(15)2/h3,5,7,9,11H,4,6,8,10H2,1-2H3. The van der Waals surface area contributed by atoms with Crippen molar-refractivity contribution in [1.82, 2.24) is 0 Å². The number of rotatable bonds is 2. The zero-order valence-electron chi connectivity index (χ0n) is 10.2. The molecule has 0 atom stereocenters. The second kappa shape index (κ2) is 5.11. The number of allylic oxidation sites excluding steroid dienone is 2. The molecule has 0 aromatic heterocycles. The predicted molar refractivity (Wildman–Crippen MR) is 69.9 cm³/mol. The third-order valence-corrected chi connectivity index (χ3v) is 3.26. The van der Waals surface area contributed by atoms with Crippen molar-refractivity contribution in [3.63, 3.8) is 0 Å². The summed E-state index contributed by atoms with van der Waals surface area (Å²) in [4.78, 5) is 4.65. The molecular formula is C15H19N. The molecule has 0 amide bonds. The van der Waals surface area contributed by atoms with Gasteiger partial charge in [-0.15, -0.1) is 0 Å². The van der Waals surface area contributed by atoms with Crippen molar-refractivity contribution in [2.24, 2.45) is 4.99 Å². The molecule has 0 unspecified atom stereocenters. The minimum absolute atomic E-state index is 1.15. The smallest absolute Gasteiger partial charge is 0.0393 e. The van der Waals surface area contributed by atoms with Crippen molar-refractivity contribution in [1.29, 1.82) is 0 Å². The Balaban J connectivity index is 2.18. The summed E-state index contributed by atoms with van der Waals surface area (Å²) in [5.41, 5.74) is 5.29. The molecule has 1 heteroatoms. The number of hydrogen-bond acceptors (Lipinski definition) is 1. The largest absolute Gasteiger partial charge is 0.261 e. The zero-order valence-corrected chi connectivity index (χ0v) is 10.2. The summed E-state index contributed by atoms with van der Waals surface area (Å²) in [6.07, 6.45) is 7.00. The van der Waals surface area contributed by atoms with E-state index in [1.807, 2.05) is 6.21 Å². The van der Waals surface area contributed by atoms with Crippen molar-refractivity contribution in [3.8, 4) is 0 Å². The third kappa shape index (κ3) is 2.60. The van der Waals surface area contributed by atoms with E-state index in [0.29, 0.717) is 0 Å². The fraction of sp³-hybridized carbons (Fsp3) is 0.400. The van der Waals surface area contributed by atoms with Gasteiger partial charge in [0.05, 0.1) is 0 Å². The molecule has 0 saturated heterocycles. The van der Waals surface area contributed by atoms with Crippen LogP contribution in [0.1, 0.15) is 43.7 Å². The molecule has 0 spiro atoms. The van der Waals surface area contributed by atoms with Gasteiger partial charge in [0, 0.05) is 11.9 Å². The van der Waals surface area contributed by atoms with Gasteiger partial charge >= 0.3 is 0 Å². The summed E-state index contributed by atoms with van der Waals surface area (Å²) in [5.74, 6) is 0. The Morgan fingerprint density at radius 1 is 1.06 bits per heavy atom. The number of nitrogens with zero attached hydrogens (tertiary/aromatic N) is 1. The van der Waals surface area contributed by atoms with Gasteiger partial charge in [0.1, 0.15) is 0 Å². The molecule has 1 nitrogen and oxygen atoms in total. The predicted octanol–water partition coefficient (Wildman–Crippen LogP) is 4.26. The van der Waals surface area contributed by atoms with Gasteiger partial charge < -0.3 is 0 Å². The van der Waals surface area contributed by atoms with E-state index in [2.05, 4.69) is 43.1 Å². The summed E-state index contributed by atoms with van der Waals surface area (Å²) in [6, 6.07) is 8.38. The molecule has 0 heterocycles. The Labute approximate surface area is 97.9 Å². The number of hydrogen-bond donors (Lipinski definition) is 0. The lowest BCUT2D eigenvalue weighted by molar-refractivity contribution is 0.668. The highest BCUT2D eigenvalue weighted by atomic mass is 14.7. The summed E-state index contributed by atoms with van der Waals surface area (Å²) >= 11 is 0. The Kier molecular flexibility index (Phi) is 3.55. The first-order chi connectivity index (χ1) is 7.77. The second-order valence-electron chi connectivity index (χ2n) is 4.55. The van der Waals surface area contributed by atoms with E-state index in [9.17, 15) is 0 Å². The van der Waals surface area contributed by atoms with Gasteiger partial charge in [0.15, 0.2) is 0 Å². The second-order valence-corrected chi connectivity index (χ2v) is 4.55. The van der Waals surface area contributed by atoms with Gasteiger partial charge in [0.25, 0.3) is 0 Å². The maximum atomic E-state index is 4.65. The molecule has 16 heavy (non-hydrogen) atoms. The molecule has 0 saturated carbocycles. The quantitative estimate of drug-likeness (QED) is 0.651. The summed E-state index contributed by atoms with van der Waals surface area (Å²) < 4.78 is 0. The van der Waals surface area contributed by atoms with E-state index in [1.165, 1.54) is 41.7 Å². The highest BCUT2D eigenvalue weighted by Gasteiger charge is 2.07. The van der Waals surface area contributed by atoms with Gasteiger partial charge in [-0.25, -0.2) is 0 Å². The number of aliphatic imine (C=N–C) groups is 1. The van der Waals surface area contributed by atoms with Gasteiger partial charge in [-0.2, -0.15) is 0 Å². The fourth-order valence-corrected chi connectivity index (χ4v) is 2.09. The summed E-state index contributed by atoms with van der Waals surface area (Å²) in [5, 5.41) is 0. The van der Waals surface area contributed by atoms with Crippen LogP contribution in [0.3, 0.4) is 0 Å². The van der Waals surface area contributed by atoms with Crippen LogP contribution in [0.15, 0.2) is 40.5 Å². The van der Waals surface area contributed by atoms with E-state index in [1.54, 1.807) is 0 Å². The minimum atomic E-state index is 1.15. The first-order valence-corrected chi connectivity index (χ1v) is 6.05.